The van der Waals surface area contributed by atoms with Crippen molar-refractivity contribution in [1.82, 2.24) is 15.0 Å². The molecule has 1 aliphatic carbocycles. The van der Waals surface area contributed by atoms with Crippen LogP contribution in [0.3, 0.4) is 0 Å². The molecule has 6 heteroatoms. The van der Waals surface area contributed by atoms with Gasteiger partial charge in [-0.2, -0.15) is 0 Å². The van der Waals surface area contributed by atoms with Crippen LogP contribution in [0.2, 0.25) is 0 Å². The second-order valence-electron chi connectivity index (χ2n) is 6.68. The Balaban J connectivity index is 1.54. The first-order valence-corrected chi connectivity index (χ1v) is 9.76. The second kappa shape index (κ2) is 6.65. The van der Waals surface area contributed by atoms with Crippen LogP contribution in [0.1, 0.15) is 22.5 Å². The van der Waals surface area contributed by atoms with Gasteiger partial charge in [-0.3, -0.25) is 9.78 Å². The topological polar surface area (TPSA) is 76.0 Å². The summed E-state index contributed by atoms with van der Waals surface area (Å²) < 4.78 is 1.15. The van der Waals surface area contributed by atoms with Gasteiger partial charge in [-0.25, -0.2) is 9.97 Å². The van der Waals surface area contributed by atoms with E-state index in [9.17, 15) is 4.79 Å². The highest BCUT2D eigenvalue weighted by Crippen LogP contribution is 2.34. The number of carboxylic acids is 1. The Hall–Kier alpha value is -3.38. The quantitative estimate of drug-likeness (QED) is 0.565. The minimum absolute atomic E-state index is 0.00771. The summed E-state index contributed by atoms with van der Waals surface area (Å²) in [5, 5.41) is 9.04. The third kappa shape index (κ3) is 2.97. The molecule has 0 amide bonds. The lowest BCUT2D eigenvalue weighted by atomic mass is 10.0. The fraction of sp³-hybridized carbons (Fsp3) is 0.0909. The fourth-order valence-corrected chi connectivity index (χ4v) is 4.22. The zero-order chi connectivity index (χ0) is 19.1. The van der Waals surface area contributed by atoms with E-state index in [-0.39, 0.29) is 6.42 Å². The molecule has 0 aliphatic heterocycles. The van der Waals surface area contributed by atoms with Crippen molar-refractivity contribution in [1.29, 1.82) is 0 Å². The van der Waals surface area contributed by atoms with Crippen molar-refractivity contribution in [3.8, 4) is 11.3 Å². The summed E-state index contributed by atoms with van der Waals surface area (Å²) in [4.78, 5) is 24.8. The largest absolute Gasteiger partial charge is 0.481 e. The van der Waals surface area contributed by atoms with E-state index < -0.39 is 5.97 Å². The summed E-state index contributed by atoms with van der Waals surface area (Å²) in [5.74, 6) is -0.846. The molecule has 5 rings (SSSR count). The van der Waals surface area contributed by atoms with Gasteiger partial charge in [0, 0.05) is 17.6 Å². The molecule has 0 fully saturated rings. The van der Waals surface area contributed by atoms with Gasteiger partial charge < -0.3 is 5.11 Å². The van der Waals surface area contributed by atoms with Crippen molar-refractivity contribution in [2.75, 3.05) is 0 Å². The summed E-state index contributed by atoms with van der Waals surface area (Å²) in [6, 6.07) is 13.7. The van der Waals surface area contributed by atoms with Crippen LogP contribution in [0.5, 0.6) is 0 Å². The normalized spacial score (nSPS) is 12.8. The highest BCUT2D eigenvalue weighted by atomic mass is 32.1. The van der Waals surface area contributed by atoms with E-state index in [1.807, 2.05) is 35.8 Å². The molecular weight excluding hydrogens is 370 g/mol. The van der Waals surface area contributed by atoms with Crippen molar-refractivity contribution in [3.63, 3.8) is 0 Å². The van der Waals surface area contributed by atoms with Gasteiger partial charge in [-0.1, -0.05) is 30.3 Å². The van der Waals surface area contributed by atoms with Crippen LogP contribution in [-0.4, -0.2) is 26.0 Å². The number of hydrogen-bond acceptors (Lipinski definition) is 5. The monoisotopic (exact) mass is 385 g/mol. The Morgan fingerprint density at radius 1 is 1.11 bits per heavy atom. The second-order valence-corrected chi connectivity index (χ2v) is 7.56. The highest BCUT2D eigenvalue weighted by molar-refractivity contribution is 7.16. The van der Waals surface area contributed by atoms with Crippen molar-refractivity contribution < 1.29 is 9.90 Å². The third-order valence-corrected chi connectivity index (χ3v) is 5.62. The number of benzene rings is 2. The summed E-state index contributed by atoms with van der Waals surface area (Å²) in [7, 11) is 0. The lowest BCUT2D eigenvalue weighted by Crippen LogP contribution is -2.01. The maximum Gasteiger partial charge on any atom is 0.307 e. The first kappa shape index (κ1) is 16.8. The van der Waals surface area contributed by atoms with Crippen LogP contribution >= 0.6 is 11.3 Å². The first-order valence-electron chi connectivity index (χ1n) is 8.88. The molecule has 0 saturated heterocycles. The molecule has 0 unspecified atom stereocenters. The van der Waals surface area contributed by atoms with Gasteiger partial charge >= 0.3 is 5.97 Å². The number of nitrogens with zero attached hydrogens (tertiary/aromatic N) is 3. The SMILES string of the molecule is O=C(O)Cc1cccc(-c2cnc3c(n2)C(c2ccc4ncsc4c2)=CC3)c1. The summed E-state index contributed by atoms with van der Waals surface area (Å²) in [6.45, 7) is 0. The number of thiazole rings is 1. The lowest BCUT2D eigenvalue weighted by molar-refractivity contribution is -0.136. The maximum atomic E-state index is 11.0. The third-order valence-electron chi connectivity index (χ3n) is 4.82. The zero-order valence-electron chi connectivity index (χ0n) is 14.8. The van der Waals surface area contributed by atoms with Gasteiger partial charge in [0.2, 0.25) is 0 Å². The minimum atomic E-state index is -0.846. The standard InChI is InChI=1S/C22H15N3O2S/c26-21(27)9-13-2-1-3-15(8-13)19-11-23-18-7-5-16(22(18)25-19)14-4-6-17-20(10-14)28-12-24-17/h1-6,8,10-12H,7,9H2,(H,26,27). The molecule has 2 aromatic heterocycles. The Labute approximate surface area is 165 Å². The Bertz CT molecular complexity index is 1260. The average Bonchev–Trinajstić information content (AvgIpc) is 3.33. The number of hydrogen-bond donors (Lipinski definition) is 1. The van der Waals surface area contributed by atoms with Gasteiger partial charge in [0.15, 0.2) is 0 Å². The van der Waals surface area contributed by atoms with Crippen molar-refractivity contribution >= 4 is 33.1 Å². The van der Waals surface area contributed by atoms with Crippen molar-refractivity contribution in [2.45, 2.75) is 12.8 Å². The molecule has 136 valence electrons. The average molecular weight is 385 g/mol. The predicted molar refractivity (Wildman–Crippen MR) is 109 cm³/mol. The lowest BCUT2D eigenvalue weighted by Gasteiger charge is -2.09. The molecule has 1 aliphatic rings. The highest BCUT2D eigenvalue weighted by Gasteiger charge is 2.20. The molecule has 0 radical (unpaired) electrons. The van der Waals surface area contributed by atoms with Crippen LogP contribution in [-0.2, 0) is 17.6 Å². The van der Waals surface area contributed by atoms with Gasteiger partial charge in [-0.05, 0) is 29.3 Å². The van der Waals surface area contributed by atoms with Gasteiger partial charge in [0.05, 0.1) is 45.4 Å². The maximum absolute atomic E-state index is 11.0. The molecule has 0 saturated carbocycles. The fourth-order valence-electron chi connectivity index (χ4n) is 3.51. The number of rotatable bonds is 4. The molecule has 0 spiro atoms. The van der Waals surface area contributed by atoms with E-state index >= 15 is 0 Å². The zero-order valence-corrected chi connectivity index (χ0v) is 15.6. The number of carboxylic acid groups (broad SMARTS) is 1. The molecule has 5 nitrogen and oxygen atoms in total. The van der Waals surface area contributed by atoms with E-state index in [4.69, 9.17) is 10.1 Å². The molecular formula is C22H15N3O2S. The summed E-state index contributed by atoms with van der Waals surface area (Å²) in [6.07, 6.45) is 4.68. The van der Waals surface area contributed by atoms with Crippen LogP contribution in [0.15, 0.2) is 60.2 Å². The number of aromatic nitrogens is 3. The Morgan fingerprint density at radius 2 is 2.04 bits per heavy atom. The smallest absolute Gasteiger partial charge is 0.307 e. The molecule has 0 atom stereocenters. The van der Waals surface area contributed by atoms with Crippen LogP contribution in [0, 0.1) is 0 Å². The summed E-state index contributed by atoms with van der Waals surface area (Å²) >= 11 is 1.63. The molecule has 1 N–H and O–H groups in total. The van der Waals surface area contributed by atoms with E-state index in [0.717, 1.165) is 56.0 Å². The van der Waals surface area contributed by atoms with Crippen molar-refractivity contribution in [3.05, 3.63) is 82.8 Å². The summed E-state index contributed by atoms with van der Waals surface area (Å²) in [5.41, 5.74) is 9.28. The van der Waals surface area contributed by atoms with Crippen molar-refractivity contribution in [2.24, 2.45) is 0 Å². The molecule has 4 aromatic rings. The van der Waals surface area contributed by atoms with E-state index in [1.165, 1.54) is 0 Å². The molecule has 2 heterocycles. The van der Waals surface area contributed by atoms with Crippen LogP contribution in [0.4, 0.5) is 0 Å². The minimum Gasteiger partial charge on any atom is -0.481 e. The Kier molecular flexibility index (Phi) is 3.98. The van der Waals surface area contributed by atoms with Gasteiger partial charge in [0.1, 0.15) is 0 Å². The van der Waals surface area contributed by atoms with E-state index in [1.54, 1.807) is 17.5 Å². The number of fused-ring (bicyclic) bond motifs is 2. The van der Waals surface area contributed by atoms with E-state index in [2.05, 4.69) is 28.2 Å². The van der Waals surface area contributed by atoms with E-state index in [0.29, 0.717) is 0 Å². The molecule has 2 aromatic carbocycles. The van der Waals surface area contributed by atoms with Crippen LogP contribution < -0.4 is 0 Å². The number of allylic oxidation sites excluding steroid dienone is 1. The Morgan fingerprint density at radius 3 is 2.93 bits per heavy atom. The van der Waals surface area contributed by atoms with Gasteiger partial charge in [0.25, 0.3) is 0 Å². The molecule has 28 heavy (non-hydrogen) atoms. The first-order chi connectivity index (χ1) is 13.7. The predicted octanol–water partition coefficient (Wildman–Crippen LogP) is 4.37. The number of carbonyl (C=O) groups is 1. The van der Waals surface area contributed by atoms with Crippen LogP contribution in [0.25, 0.3) is 27.0 Å². The molecule has 0 bridgehead atoms. The number of aliphatic carboxylic acids is 1. The van der Waals surface area contributed by atoms with Gasteiger partial charge in [-0.15, -0.1) is 11.3 Å².